The number of sulfonamides is 1. The fourth-order valence-corrected chi connectivity index (χ4v) is 2.68. The number of alkyl halides is 2. The fraction of sp³-hybridized carbons (Fsp3) is 0.538. The van der Waals surface area contributed by atoms with Gasteiger partial charge in [-0.25, -0.2) is 21.9 Å². The minimum Gasteiger partial charge on any atom is -0.390 e. The molecule has 114 valence electrons. The Labute approximate surface area is 117 Å². The van der Waals surface area contributed by atoms with Crippen molar-refractivity contribution in [1.29, 1.82) is 0 Å². The lowest BCUT2D eigenvalue weighted by Crippen LogP contribution is -2.38. The Morgan fingerprint density at radius 3 is 2.25 bits per heavy atom. The second-order valence-corrected chi connectivity index (χ2v) is 6.85. The lowest BCUT2D eigenvalue weighted by molar-refractivity contribution is -0.0437. The highest BCUT2D eigenvalue weighted by Gasteiger charge is 2.30. The van der Waals surface area contributed by atoms with E-state index in [0.717, 1.165) is 12.0 Å². The topological polar surface area (TPSA) is 66.4 Å². The van der Waals surface area contributed by atoms with Crippen LogP contribution < -0.4 is 4.72 Å². The molecule has 0 aliphatic carbocycles. The number of aliphatic hydroxyl groups is 1. The van der Waals surface area contributed by atoms with Crippen LogP contribution in [0.1, 0.15) is 19.4 Å². The number of rotatable bonds is 7. The van der Waals surface area contributed by atoms with Crippen LogP contribution in [0.4, 0.5) is 8.78 Å². The summed E-state index contributed by atoms with van der Waals surface area (Å²) in [5.74, 6) is -3.02. The Morgan fingerprint density at radius 2 is 1.80 bits per heavy atom. The van der Waals surface area contributed by atoms with Gasteiger partial charge in [0.2, 0.25) is 10.0 Å². The van der Waals surface area contributed by atoms with Crippen molar-refractivity contribution in [1.82, 2.24) is 4.72 Å². The van der Waals surface area contributed by atoms with E-state index in [4.69, 9.17) is 5.11 Å². The standard InChI is InChI=1S/C13H19F2NO3S/c1-10(2)7-11-3-5-12(6-4-11)20(18,19)16-8-13(14,15)9-17/h3-6,10,16-17H,7-9H2,1-2H3. The zero-order valence-electron chi connectivity index (χ0n) is 11.4. The Balaban J connectivity index is 2.78. The first kappa shape index (κ1) is 17.0. The summed E-state index contributed by atoms with van der Waals surface area (Å²) < 4.78 is 51.1. The summed E-state index contributed by atoms with van der Waals surface area (Å²) >= 11 is 0. The Kier molecular flexibility index (Phi) is 5.61. The van der Waals surface area contributed by atoms with E-state index in [1.54, 1.807) is 16.9 Å². The van der Waals surface area contributed by atoms with Gasteiger partial charge in [0, 0.05) is 0 Å². The quantitative estimate of drug-likeness (QED) is 0.807. The fourth-order valence-electron chi connectivity index (χ4n) is 1.62. The average Bonchev–Trinajstić information content (AvgIpc) is 2.37. The summed E-state index contributed by atoms with van der Waals surface area (Å²) in [5.41, 5.74) is 0.986. The maximum atomic E-state index is 12.8. The van der Waals surface area contributed by atoms with Gasteiger partial charge in [0.25, 0.3) is 5.92 Å². The second-order valence-electron chi connectivity index (χ2n) is 5.08. The first-order chi connectivity index (χ1) is 9.16. The third kappa shape index (κ3) is 5.15. The third-order valence-electron chi connectivity index (χ3n) is 2.63. The van der Waals surface area contributed by atoms with E-state index in [0.29, 0.717) is 5.92 Å². The van der Waals surface area contributed by atoms with Gasteiger partial charge in [-0.3, -0.25) is 0 Å². The summed E-state index contributed by atoms with van der Waals surface area (Å²) in [6.07, 6.45) is 0.816. The van der Waals surface area contributed by atoms with Crippen molar-refractivity contribution in [3.8, 4) is 0 Å². The van der Waals surface area contributed by atoms with Crippen LogP contribution in [0.15, 0.2) is 29.2 Å². The molecule has 0 aliphatic heterocycles. The van der Waals surface area contributed by atoms with Crippen molar-refractivity contribution in [2.45, 2.75) is 31.1 Å². The van der Waals surface area contributed by atoms with Crippen molar-refractivity contribution in [2.75, 3.05) is 13.2 Å². The van der Waals surface area contributed by atoms with Crippen molar-refractivity contribution in [3.63, 3.8) is 0 Å². The van der Waals surface area contributed by atoms with Gasteiger partial charge < -0.3 is 5.11 Å². The molecule has 7 heteroatoms. The van der Waals surface area contributed by atoms with Crippen LogP contribution in [0.5, 0.6) is 0 Å². The minimum absolute atomic E-state index is 0.0706. The molecule has 1 aromatic rings. The lowest BCUT2D eigenvalue weighted by Gasteiger charge is -2.14. The molecule has 0 saturated carbocycles. The SMILES string of the molecule is CC(C)Cc1ccc(S(=O)(=O)NCC(F)(F)CO)cc1. The number of benzene rings is 1. The van der Waals surface area contributed by atoms with Crippen LogP contribution in [-0.2, 0) is 16.4 Å². The molecular formula is C13H19F2NO3S. The molecule has 1 aromatic carbocycles. The number of halogens is 2. The van der Waals surface area contributed by atoms with E-state index < -0.39 is 29.1 Å². The van der Waals surface area contributed by atoms with Gasteiger partial charge in [-0.2, -0.15) is 0 Å². The first-order valence-electron chi connectivity index (χ1n) is 6.23. The van der Waals surface area contributed by atoms with Crippen molar-refractivity contribution >= 4 is 10.0 Å². The molecule has 0 amide bonds. The van der Waals surface area contributed by atoms with Gasteiger partial charge in [0.1, 0.15) is 6.61 Å². The molecule has 0 spiro atoms. The Morgan fingerprint density at radius 1 is 1.25 bits per heavy atom. The summed E-state index contributed by atoms with van der Waals surface area (Å²) in [6, 6.07) is 6.10. The molecule has 0 radical (unpaired) electrons. The van der Waals surface area contributed by atoms with Gasteiger partial charge in [-0.05, 0) is 30.0 Å². The molecule has 2 N–H and O–H groups in total. The maximum Gasteiger partial charge on any atom is 0.283 e. The Bertz CT molecular complexity index is 527. The number of hydrogen-bond acceptors (Lipinski definition) is 3. The van der Waals surface area contributed by atoms with Crippen molar-refractivity contribution in [3.05, 3.63) is 29.8 Å². The summed E-state index contributed by atoms with van der Waals surface area (Å²) in [7, 11) is -3.99. The van der Waals surface area contributed by atoms with E-state index in [1.165, 1.54) is 12.1 Å². The summed E-state index contributed by atoms with van der Waals surface area (Å²) in [5, 5.41) is 8.40. The average molecular weight is 307 g/mol. The zero-order chi connectivity index (χ0) is 15.4. The van der Waals surface area contributed by atoms with Gasteiger partial charge in [-0.1, -0.05) is 26.0 Å². The molecule has 0 saturated heterocycles. The monoisotopic (exact) mass is 307 g/mol. The van der Waals surface area contributed by atoms with Gasteiger partial charge in [0.05, 0.1) is 11.4 Å². The van der Waals surface area contributed by atoms with Crippen LogP contribution in [0, 0.1) is 5.92 Å². The summed E-state index contributed by atoms with van der Waals surface area (Å²) in [6.45, 7) is 1.56. The normalized spacial score (nSPS) is 12.9. The molecule has 0 atom stereocenters. The molecule has 0 heterocycles. The van der Waals surface area contributed by atoms with Gasteiger partial charge >= 0.3 is 0 Å². The largest absolute Gasteiger partial charge is 0.390 e. The lowest BCUT2D eigenvalue weighted by atomic mass is 10.0. The van der Waals surface area contributed by atoms with Crippen molar-refractivity contribution < 1.29 is 22.3 Å². The highest BCUT2D eigenvalue weighted by atomic mass is 32.2. The van der Waals surface area contributed by atoms with Crippen LogP contribution in [-0.4, -0.2) is 32.6 Å². The van der Waals surface area contributed by atoms with Crippen LogP contribution >= 0.6 is 0 Å². The van der Waals surface area contributed by atoms with E-state index in [9.17, 15) is 17.2 Å². The highest BCUT2D eigenvalue weighted by molar-refractivity contribution is 7.89. The molecule has 4 nitrogen and oxygen atoms in total. The summed E-state index contributed by atoms with van der Waals surface area (Å²) in [4.78, 5) is -0.0706. The molecule has 0 aliphatic rings. The molecule has 1 rings (SSSR count). The van der Waals surface area contributed by atoms with Crippen LogP contribution in [0.2, 0.25) is 0 Å². The number of hydrogen-bond donors (Lipinski definition) is 2. The van der Waals surface area contributed by atoms with Gasteiger partial charge in [-0.15, -0.1) is 0 Å². The smallest absolute Gasteiger partial charge is 0.283 e. The maximum absolute atomic E-state index is 12.8. The molecule has 0 bridgehead atoms. The first-order valence-corrected chi connectivity index (χ1v) is 7.72. The molecule has 0 unspecified atom stereocenters. The van der Waals surface area contributed by atoms with E-state index in [1.807, 2.05) is 13.8 Å². The Hall–Kier alpha value is -1.05. The predicted octanol–water partition coefficient (Wildman–Crippen LogP) is 1.79. The molecule has 0 aromatic heterocycles. The van der Waals surface area contributed by atoms with Crippen molar-refractivity contribution in [2.24, 2.45) is 5.92 Å². The minimum atomic E-state index is -3.99. The van der Waals surface area contributed by atoms with E-state index >= 15 is 0 Å². The van der Waals surface area contributed by atoms with Gasteiger partial charge in [0.15, 0.2) is 0 Å². The van der Waals surface area contributed by atoms with E-state index in [2.05, 4.69) is 0 Å². The number of nitrogens with one attached hydrogen (secondary N) is 1. The highest BCUT2D eigenvalue weighted by Crippen LogP contribution is 2.15. The predicted molar refractivity (Wildman–Crippen MR) is 72.2 cm³/mol. The third-order valence-corrected chi connectivity index (χ3v) is 4.05. The van der Waals surface area contributed by atoms with Crippen LogP contribution in [0.25, 0.3) is 0 Å². The zero-order valence-corrected chi connectivity index (χ0v) is 12.3. The molecular weight excluding hydrogens is 288 g/mol. The number of aliphatic hydroxyl groups excluding tert-OH is 1. The molecule has 20 heavy (non-hydrogen) atoms. The second kappa shape index (κ2) is 6.60. The van der Waals surface area contributed by atoms with E-state index in [-0.39, 0.29) is 4.90 Å². The molecule has 0 fully saturated rings. The van der Waals surface area contributed by atoms with Crippen LogP contribution in [0.3, 0.4) is 0 Å².